The SMILES string of the molecule is CCCCCCC/C=C\C/C=C\C/C=C\CCCCCCCCCCCCCCCCCCCCCCC(=O)NC(COP(=O)(O)OCC[N+](C)(C)C)C(O)/C=C/CC/C=C/CC/C=C/CCCCCCCCCCCCCCCCCCCCCC. The molecule has 0 aliphatic rings. The van der Waals surface area contributed by atoms with E-state index < -0.39 is 20.0 Å². The lowest BCUT2D eigenvalue weighted by atomic mass is 10.0. The third-order valence-electron chi connectivity index (χ3n) is 17.1. The van der Waals surface area contributed by atoms with E-state index in [1.165, 1.54) is 289 Å². The van der Waals surface area contributed by atoms with Crippen LogP contribution >= 0.6 is 7.82 Å². The van der Waals surface area contributed by atoms with Gasteiger partial charge in [-0.25, -0.2) is 4.57 Å². The summed E-state index contributed by atoms with van der Waals surface area (Å²) in [5.74, 6) is -0.186. The smallest absolute Gasteiger partial charge is 0.387 e. The first-order valence-electron chi connectivity index (χ1n) is 37.8. The Bertz CT molecular complexity index is 1650. The number of allylic oxidation sites excluding steroid dienone is 11. The summed E-state index contributed by atoms with van der Waals surface area (Å²) >= 11 is 0. The van der Waals surface area contributed by atoms with Gasteiger partial charge in [-0.3, -0.25) is 13.8 Å². The number of aliphatic hydroxyl groups excluding tert-OH is 1. The van der Waals surface area contributed by atoms with Crippen LogP contribution in [-0.4, -0.2) is 73.4 Å². The second kappa shape index (κ2) is 68.3. The van der Waals surface area contributed by atoms with Crippen LogP contribution in [0.3, 0.4) is 0 Å². The minimum absolute atomic E-state index is 0.0530. The average Bonchev–Trinajstić information content (AvgIpc) is 3.70. The fourth-order valence-electron chi connectivity index (χ4n) is 11.3. The number of rotatable bonds is 70. The molecule has 0 aliphatic carbocycles. The number of hydrogen-bond acceptors (Lipinski definition) is 5. The van der Waals surface area contributed by atoms with Crippen LogP contribution in [0.2, 0.25) is 0 Å². The van der Waals surface area contributed by atoms with E-state index in [0.717, 1.165) is 57.8 Å². The molecule has 3 N–H and O–H groups in total. The van der Waals surface area contributed by atoms with Crippen molar-refractivity contribution in [1.29, 1.82) is 0 Å². The molecule has 0 aliphatic heterocycles. The first kappa shape index (κ1) is 84.9. The molecule has 0 spiro atoms. The van der Waals surface area contributed by atoms with E-state index in [0.29, 0.717) is 17.4 Å². The fraction of sp³-hybridized carbons (Fsp3) is 0.833. The van der Waals surface area contributed by atoms with E-state index in [1.54, 1.807) is 6.08 Å². The molecule has 0 rings (SSSR count). The zero-order valence-corrected chi connectivity index (χ0v) is 59.4. The molecule has 3 atom stereocenters. The molecule has 9 heteroatoms. The number of unbranched alkanes of at least 4 members (excludes halogenated alkanes) is 47. The highest BCUT2D eigenvalue weighted by molar-refractivity contribution is 7.47. The average molecular weight is 1240 g/mol. The number of carbonyl (C=O) groups is 1. The lowest BCUT2D eigenvalue weighted by Gasteiger charge is -2.25. The van der Waals surface area contributed by atoms with Gasteiger partial charge in [-0.2, -0.15) is 0 Å². The Morgan fingerprint density at radius 2 is 0.667 bits per heavy atom. The Morgan fingerprint density at radius 1 is 0.391 bits per heavy atom. The maximum absolute atomic E-state index is 13.1. The van der Waals surface area contributed by atoms with Crippen molar-refractivity contribution in [1.82, 2.24) is 5.32 Å². The van der Waals surface area contributed by atoms with Crippen molar-refractivity contribution in [2.75, 3.05) is 40.9 Å². The fourth-order valence-corrected chi connectivity index (χ4v) is 12.0. The molecular formula is C78H148N2O6P+. The molecule has 510 valence electrons. The zero-order valence-electron chi connectivity index (χ0n) is 58.5. The number of carbonyl (C=O) groups excluding carboxylic acids is 1. The number of nitrogens with one attached hydrogen (secondary N) is 1. The third kappa shape index (κ3) is 71.2. The van der Waals surface area contributed by atoms with Crippen molar-refractivity contribution in [3.8, 4) is 0 Å². The number of phosphoric acid groups is 1. The van der Waals surface area contributed by atoms with Crippen LogP contribution in [0.5, 0.6) is 0 Å². The number of hydrogen-bond donors (Lipinski definition) is 3. The summed E-state index contributed by atoms with van der Waals surface area (Å²) in [5, 5.41) is 14.0. The van der Waals surface area contributed by atoms with Crippen molar-refractivity contribution in [3.63, 3.8) is 0 Å². The molecule has 0 saturated heterocycles. The molecule has 0 radical (unpaired) electrons. The van der Waals surface area contributed by atoms with Crippen molar-refractivity contribution in [2.24, 2.45) is 0 Å². The molecule has 0 fully saturated rings. The lowest BCUT2D eigenvalue weighted by molar-refractivity contribution is -0.870. The zero-order chi connectivity index (χ0) is 63.4. The first-order valence-corrected chi connectivity index (χ1v) is 39.3. The number of quaternary nitrogens is 1. The maximum atomic E-state index is 13.1. The van der Waals surface area contributed by atoms with Crippen LogP contribution in [0.15, 0.2) is 72.9 Å². The summed E-state index contributed by atoms with van der Waals surface area (Å²) in [4.78, 5) is 23.5. The summed E-state index contributed by atoms with van der Waals surface area (Å²) in [6, 6.07) is -0.874. The Labute approximate surface area is 542 Å². The molecule has 0 heterocycles. The Balaban J connectivity index is 4.06. The van der Waals surface area contributed by atoms with E-state index >= 15 is 0 Å². The second-order valence-electron chi connectivity index (χ2n) is 27.0. The standard InChI is InChI=1S/C78H147N2O6P/c1-6-8-10-12-14-16-18-20-22-24-26-28-30-32-34-36-38-39-40-41-42-44-46-48-50-52-54-56-58-60-62-64-66-68-70-72-78(82)79-76(75-86-87(83,84)85-74-73-80(3,4)5)77(81)71-69-67-65-63-61-59-57-55-53-51-49-47-45-43-37-35-33-31-29-27-25-23-21-19-17-15-13-11-9-7-2/h18,20,24,26,30,32,53,55,61,63,69,71,76-77,81H,6-17,19,21-23,25,27-29,31,33-52,54,56-60,62,64-68,70,72-75H2,1-5H3,(H-,79,82,83,84)/p+1/b20-18-,26-24-,32-30-,55-53+,63-61+,71-69+. The molecule has 0 aromatic heterocycles. The third-order valence-corrected chi connectivity index (χ3v) is 18.1. The van der Waals surface area contributed by atoms with Gasteiger partial charge in [0.25, 0.3) is 0 Å². The molecule has 1 amide bonds. The van der Waals surface area contributed by atoms with Crippen LogP contribution in [0.4, 0.5) is 0 Å². The molecule has 0 aromatic rings. The van der Waals surface area contributed by atoms with E-state index in [9.17, 15) is 19.4 Å². The van der Waals surface area contributed by atoms with Gasteiger partial charge < -0.3 is 19.8 Å². The Morgan fingerprint density at radius 3 is 1.00 bits per heavy atom. The topological polar surface area (TPSA) is 105 Å². The summed E-state index contributed by atoms with van der Waals surface area (Å²) in [6.07, 6.45) is 96.5. The van der Waals surface area contributed by atoms with Crippen molar-refractivity contribution in [2.45, 2.75) is 379 Å². The number of phosphoric ester groups is 1. The molecule has 3 unspecified atom stereocenters. The number of aliphatic hydroxyl groups is 1. The van der Waals surface area contributed by atoms with Gasteiger partial charge in [0.1, 0.15) is 13.2 Å². The molecular weight excluding hydrogens is 1090 g/mol. The minimum atomic E-state index is -4.37. The second-order valence-corrected chi connectivity index (χ2v) is 28.5. The Kier molecular flexibility index (Phi) is 66.7. The van der Waals surface area contributed by atoms with Crippen LogP contribution in [-0.2, 0) is 18.4 Å². The summed E-state index contributed by atoms with van der Waals surface area (Å²) in [5.41, 5.74) is 0. The van der Waals surface area contributed by atoms with Gasteiger partial charge in [-0.05, 0) is 83.5 Å². The van der Waals surface area contributed by atoms with Gasteiger partial charge in [0.2, 0.25) is 5.91 Å². The molecule has 0 saturated carbocycles. The predicted octanol–water partition coefficient (Wildman–Crippen LogP) is 24.5. The summed E-state index contributed by atoms with van der Waals surface area (Å²) in [7, 11) is 1.56. The summed E-state index contributed by atoms with van der Waals surface area (Å²) in [6.45, 7) is 4.82. The summed E-state index contributed by atoms with van der Waals surface area (Å²) < 4.78 is 23.8. The Hall–Kier alpha value is -2.06. The van der Waals surface area contributed by atoms with E-state index in [1.807, 2.05) is 27.2 Å². The predicted molar refractivity (Wildman–Crippen MR) is 383 cm³/mol. The van der Waals surface area contributed by atoms with Crippen LogP contribution in [0.25, 0.3) is 0 Å². The monoisotopic (exact) mass is 1240 g/mol. The highest BCUT2D eigenvalue weighted by Crippen LogP contribution is 2.43. The van der Waals surface area contributed by atoms with E-state index in [2.05, 4.69) is 79.9 Å². The molecule has 87 heavy (non-hydrogen) atoms. The van der Waals surface area contributed by atoms with Gasteiger partial charge in [-0.15, -0.1) is 0 Å². The quantitative estimate of drug-likeness (QED) is 0.0243. The van der Waals surface area contributed by atoms with Crippen LogP contribution in [0.1, 0.15) is 367 Å². The van der Waals surface area contributed by atoms with E-state index in [-0.39, 0.29) is 19.1 Å². The van der Waals surface area contributed by atoms with Crippen LogP contribution < -0.4 is 5.32 Å². The highest BCUT2D eigenvalue weighted by Gasteiger charge is 2.28. The van der Waals surface area contributed by atoms with Gasteiger partial charge in [0, 0.05) is 6.42 Å². The van der Waals surface area contributed by atoms with Crippen molar-refractivity contribution < 1.29 is 32.9 Å². The molecule has 0 aromatic carbocycles. The molecule has 8 nitrogen and oxygen atoms in total. The normalized spacial score (nSPS) is 14.0. The first-order chi connectivity index (χ1) is 42.5. The lowest BCUT2D eigenvalue weighted by Crippen LogP contribution is -2.45. The maximum Gasteiger partial charge on any atom is 0.472 e. The number of likely N-dealkylation sites (N-methyl/N-ethyl adjacent to an activating group) is 1. The largest absolute Gasteiger partial charge is 0.472 e. The number of nitrogens with zero attached hydrogens (tertiary/aromatic N) is 1. The van der Waals surface area contributed by atoms with Gasteiger partial charge in [0.05, 0.1) is 39.9 Å². The highest BCUT2D eigenvalue weighted by atomic mass is 31.2. The van der Waals surface area contributed by atoms with Crippen LogP contribution in [0, 0.1) is 0 Å². The van der Waals surface area contributed by atoms with Gasteiger partial charge in [-0.1, -0.05) is 350 Å². The van der Waals surface area contributed by atoms with Gasteiger partial charge >= 0.3 is 7.82 Å². The van der Waals surface area contributed by atoms with E-state index in [4.69, 9.17) is 9.05 Å². The van der Waals surface area contributed by atoms with Gasteiger partial charge in [0.15, 0.2) is 0 Å². The number of amides is 1. The van der Waals surface area contributed by atoms with Crippen molar-refractivity contribution >= 4 is 13.7 Å². The van der Waals surface area contributed by atoms with Crippen molar-refractivity contribution in [3.05, 3.63) is 72.9 Å². The molecule has 0 bridgehead atoms. The minimum Gasteiger partial charge on any atom is -0.387 e.